The van der Waals surface area contributed by atoms with Gasteiger partial charge in [0.05, 0.1) is 10.7 Å². The van der Waals surface area contributed by atoms with Crippen molar-refractivity contribution in [3.63, 3.8) is 0 Å². The van der Waals surface area contributed by atoms with Crippen LogP contribution in [0.15, 0.2) is 40.8 Å². The first-order chi connectivity index (χ1) is 10.6. The van der Waals surface area contributed by atoms with E-state index in [9.17, 15) is 0 Å². The van der Waals surface area contributed by atoms with Crippen molar-refractivity contribution in [2.24, 2.45) is 5.84 Å². The van der Waals surface area contributed by atoms with E-state index in [1.807, 2.05) is 24.3 Å². The number of hydrazine groups is 1. The lowest BCUT2D eigenvalue weighted by atomic mass is 10.2. The first kappa shape index (κ1) is 15.2. The standard InChI is InChI=1S/C16H15Cl2N3O/c1-2-6-21(19)12-5-3-4-10(7-12)16-20-14-9-11(17)8-13(18)15(14)22-16/h3-5,7-9H,2,6,19H2,1H3. The molecule has 0 radical (unpaired) electrons. The van der Waals surface area contributed by atoms with Gasteiger partial charge in [-0.1, -0.05) is 36.2 Å². The SMILES string of the molecule is CCCN(N)c1cccc(-c2nc3cc(Cl)cc(Cl)c3o2)c1. The summed E-state index contributed by atoms with van der Waals surface area (Å²) in [6.07, 6.45) is 0.970. The van der Waals surface area contributed by atoms with E-state index in [1.165, 1.54) is 0 Å². The summed E-state index contributed by atoms with van der Waals surface area (Å²) < 4.78 is 5.77. The van der Waals surface area contributed by atoms with Crippen LogP contribution in [0, 0.1) is 0 Å². The highest BCUT2D eigenvalue weighted by Crippen LogP contribution is 2.32. The van der Waals surface area contributed by atoms with Gasteiger partial charge in [-0.3, -0.25) is 0 Å². The Morgan fingerprint density at radius 2 is 2.05 bits per heavy atom. The Hall–Kier alpha value is -1.75. The molecule has 0 aliphatic rings. The zero-order chi connectivity index (χ0) is 15.7. The van der Waals surface area contributed by atoms with E-state index < -0.39 is 0 Å². The maximum Gasteiger partial charge on any atom is 0.227 e. The van der Waals surface area contributed by atoms with Gasteiger partial charge in [-0.05, 0) is 36.8 Å². The summed E-state index contributed by atoms with van der Waals surface area (Å²) in [7, 11) is 0. The number of hydrogen-bond acceptors (Lipinski definition) is 4. The van der Waals surface area contributed by atoms with Crippen LogP contribution in [0.5, 0.6) is 0 Å². The highest BCUT2D eigenvalue weighted by molar-refractivity contribution is 6.38. The molecule has 2 N–H and O–H groups in total. The summed E-state index contributed by atoms with van der Waals surface area (Å²) in [5, 5.41) is 2.68. The summed E-state index contributed by atoms with van der Waals surface area (Å²) in [6, 6.07) is 11.1. The molecule has 4 nitrogen and oxygen atoms in total. The monoisotopic (exact) mass is 335 g/mol. The summed E-state index contributed by atoms with van der Waals surface area (Å²) in [5.41, 5.74) is 2.92. The molecule has 0 atom stereocenters. The molecule has 0 aliphatic carbocycles. The fourth-order valence-electron chi connectivity index (χ4n) is 2.27. The molecule has 2 aromatic carbocycles. The maximum atomic E-state index is 6.14. The Bertz CT molecular complexity index is 816. The van der Waals surface area contributed by atoms with Crippen LogP contribution < -0.4 is 10.9 Å². The van der Waals surface area contributed by atoms with Crippen molar-refractivity contribution >= 4 is 40.0 Å². The molecular weight excluding hydrogens is 321 g/mol. The Morgan fingerprint density at radius 1 is 1.23 bits per heavy atom. The molecule has 0 spiro atoms. The predicted molar refractivity (Wildman–Crippen MR) is 91.3 cm³/mol. The summed E-state index contributed by atoms with van der Waals surface area (Å²) >= 11 is 12.1. The van der Waals surface area contributed by atoms with Crippen molar-refractivity contribution in [1.82, 2.24) is 4.98 Å². The summed E-state index contributed by atoms with van der Waals surface area (Å²) in [6.45, 7) is 2.86. The number of nitrogens with two attached hydrogens (primary N) is 1. The van der Waals surface area contributed by atoms with Gasteiger partial charge in [0.1, 0.15) is 5.52 Å². The van der Waals surface area contributed by atoms with Crippen molar-refractivity contribution in [3.05, 3.63) is 46.4 Å². The Labute approximate surface area is 138 Å². The summed E-state index contributed by atoms with van der Waals surface area (Å²) in [4.78, 5) is 4.46. The van der Waals surface area contributed by atoms with Crippen molar-refractivity contribution in [1.29, 1.82) is 0 Å². The first-order valence-electron chi connectivity index (χ1n) is 6.96. The minimum Gasteiger partial charge on any atom is -0.435 e. The van der Waals surface area contributed by atoms with Crippen LogP contribution >= 0.6 is 23.2 Å². The van der Waals surface area contributed by atoms with Gasteiger partial charge in [-0.2, -0.15) is 0 Å². The molecule has 0 unspecified atom stereocenters. The lowest BCUT2D eigenvalue weighted by molar-refractivity contribution is 0.620. The van der Waals surface area contributed by atoms with Gasteiger partial charge in [0.15, 0.2) is 5.58 Å². The molecule has 1 heterocycles. The number of aromatic nitrogens is 1. The second kappa shape index (κ2) is 6.16. The van der Waals surface area contributed by atoms with Crippen LogP contribution in [-0.4, -0.2) is 11.5 Å². The molecule has 3 aromatic rings. The zero-order valence-corrected chi connectivity index (χ0v) is 13.5. The van der Waals surface area contributed by atoms with Crippen LogP contribution in [0.25, 0.3) is 22.6 Å². The van der Waals surface area contributed by atoms with Gasteiger partial charge in [0.2, 0.25) is 5.89 Å². The van der Waals surface area contributed by atoms with E-state index in [-0.39, 0.29) is 0 Å². The normalized spacial score (nSPS) is 11.1. The molecule has 0 bridgehead atoms. The summed E-state index contributed by atoms with van der Waals surface area (Å²) in [5.74, 6) is 6.51. The second-order valence-electron chi connectivity index (χ2n) is 5.00. The number of nitrogens with zero attached hydrogens (tertiary/aromatic N) is 2. The van der Waals surface area contributed by atoms with Crippen LogP contribution in [-0.2, 0) is 0 Å². The van der Waals surface area contributed by atoms with E-state index in [2.05, 4.69) is 11.9 Å². The Balaban J connectivity index is 2.04. The third-order valence-corrected chi connectivity index (χ3v) is 3.80. The Morgan fingerprint density at radius 3 is 2.82 bits per heavy atom. The third kappa shape index (κ3) is 2.90. The third-order valence-electron chi connectivity index (χ3n) is 3.30. The first-order valence-corrected chi connectivity index (χ1v) is 7.72. The van der Waals surface area contributed by atoms with Crippen molar-refractivity contribution in [3.8, 4) is 11.5 Å². The van der Waals surface area contributed by atoms with Crippen LogP contribution in [0.3, 0.4) is 0 Å². The van der Waals surface area contributed by atoms with E-state index in [0.29, 0.717) is 27.0 Å². The van der Waals surface area contributed by atoms with E-state index in [1.54, 1.807) is 17.1 Å². The van der Waals surface area contributed by atoms with Crippen LogP contribution in [0.2, 0.25) is 10.0 Å². The number of halogens is 2. The number of benzene rings is 2. The molecule has 0 saturated carbocycles. The molecule has 3 rings (SSSR count). The molecular formula is C16H15Cl2N3O. The van der Waals surface area contributed by atoms with Gasteiger partial charge in [0.25, 0.3) is 0 Å². The van der Waals surface area contributed by atoms with Crippen molar-refractivity contribution < 1.29 is 4.42 Å². The van der Waals surface area contributed by atoms with Crippen LogP contribution in [0.4, 0.5) is 5.69 Å². The zero-order valence-electron chi connectivity index (χ0n) is 12.0. The number of rotatable bonds is 4. The quantitative estimate of drug-likeness (QED) is 0.544. The van der Waals surface area contributed by atoms with Gasteiger partial charge >= 0.3 is 0 Å². The largest absolute Gasteiger partial charge is 0.435 e. The lowest BCUT2D eigenvalue weighted by Crippen LogP contribution is -2.31. The predicted octanol–water partition coefficient (Wildman–Crippen LogP) is 4.89. The molecule has 0 saturated heterocycles. The Kier molecular flexibility index (Phi) is 4.25. The molecule has 22 heavy (non-hydrogen) atoms. The fourth-order valence-corrected chi connectivity index (χ4v) is 2.79. The van der Waals surface area contributed by atoms with Gasteiger partial charge in [0, 0.05) is 17.1 Å². The van der Waals surface area contributed by atoms with Crippen molar-refractivity contribution in [2.45, 2.75) is 13.3 Å². The molecule has 0 amide bonds. The van der Waals surface area contributed by atoms with E-state index >= 15 is 0 Å². The number of anilines is 1. The van der Waals surface area contributed by atoms with E-state index in [0.717, 1.165) is 24.2 Å². The van der Waals surface area contributed by atoms with Gasteiger partial charge in [-0.15, -0.1) is 0 Å². The van der Waals surface area contributed by atoms with E-state index in [4.69, 9.17) is 33.5 Å². The number of fused-ring (bicyclic) bond motifs is 1. The fraction of sp³-hybridized carbons (Fsp3) is 0.188. The van der Waals surface area contributed by atoms with Gasteiger partial charge in [-0.25, -0.2) is 10.8 Å². The maximum absolute atomic E-state index is 6.14. The minimum atomic E-state index is 0.448. The molecule has 0 fully saturated rings. The van der Waals surface area contributed by atoms with Crippen molar-refractivity contribution in [2.75, 3.05) is 11.6 Å². The molecule has 114 valence electrons. The number of oxazole rings is 1. The minimum absolute atomic E-state index is 0.448. The molecule has 6 heteroatoms. The second-order valence-corrected chi connectivity index (χ2v) is 5.84. The highest BCUT2D eigenvalue weighted by atomic mass is 35.5. The average molecular weight is 336 g/mol. The molecule has 1 aromatic heterocycles. The topological polar surface area (TPSA) is 55.3 Å². The lowest BCUT2D eigenvalue weighted by Gasteiger charge is -2.17. The van der Waals surface area contributed by atoms with Gasteiger partial charge < -0.3 is 9.43 Å². The average Bonchev–Trinajstić information content (AvgIpc) is 2.92. The number of hydrogen-bond donors (Lipinski definition) is 1. The molecule has 0 aliphatic heterocycles. The van der Waals surface area contributed by atoms with Crippen LogP contribution in [0.1, 0.15) is 13.3 Å². The smallest absolute Gasteiger partial charge is 0.227 e. The highest BCUT2D eigenvalue weighted by Gasteiger charge is 2.13.